The molecule has 1 unspecified atom stereocenters. The van der Waals surface area contributed by atoms with Gasteiger partial charge in [0.15, 0.2) is 10.8 Å². The topological polar surface area (TPSA) is 175 Å². The summed E-state index contributed by atoms with van der Waals surface area (Å²) in [5.74, 6) is -1.82. The van der Waals surface area contributed by atoms with Crippen LogP contribution in [0.4, 0.5) is 5.13 Å². The number of hydrogen-bond acceptors (Lipinski definition) is 14. The second-order valence-corrected chi connectivity index (χ2v) is 12.2. The van der Waals surface area contributed by atoms with Crippen LogP contribution in [0.2, 0.25) is 0 Å². The number of carbonyl (C=O) groups is 4. The number of rotatable bonds is 8. The van der Waals surface area contributed by atoms with Crippen molar-refractivity contribution in [1.82, 2.24) is 20.2 Å². The molecular weight excluding hydrogens is 617 g/mol. The van der Waals surface area contributed by atoms with Gasteiger partial charge in [0.25, 0.3) is 11.8 Å². The summed E-state index contributed by atoms with van der Waals surface area (Å²) in [7, 11) is 1.29. The van der Waals surface area contributed by atoms with Crippen LogP contribution in [-0.4, -0.2) is 68.6 Å². The van der Waals surface area contributed by atoms with Crippen molar-refractivity contribution in [3.05, 3.63) is 73.8 Å². The molecule has 2 aromatic heterocycles. The Morgan fingerprint density at radius 3 is 2.81 bits per heavy atom. The van der Waals surface area contributed by atoms with Crippen molar-refractivity contribution in [2.24, 2.45) is 5.16 Å². The predicted molar refractivity (Wildman–Crippen MR) is 159 cm³/mol. The average Bonchev–Trinajstić information content (AvgIpc) is 3.72. The maximum absolute atomic E-state index is 13.6. The minimum absolute atomic E-state index is 0.0588. The highest BCUT2D eigenvalue weighted by atomic mass is 32.2. The van der Waals surface area contributed by atoms with Gasteiger partial charge in [-0.05, 0) is 36.8 Å². The number of nitrogen functional groups attached to an aromatic ring is 1. The van der Waals surface area contributed by atoms with Gasteiger partial charge >= 0.3 is 11.9 Å². The molecule has 6 rings (SSSR count). The highest BCUT2D eigenvalue weighted by Crippen LogP contribution is 2.41. The largest absolute Gasteiger partial charge is 0.457 e. The van der Waals surface area contributed by atoms with Crippen molar-refractivity contribution in [2.45, 2.75) is 24.9 Å². The molecule has 0 spiro atoms. The second kappa shape index (κ2) is 11.6. The van der Waals surface area contributed by atoms with Crippen LogP contribution in [0.5, 0.6) is 5.75 Å². The fourth-order valence-electron chi connectivity index (χ4n) is 4.64. The Labute approximate surface area is 256 Å². The number of cyclic esters (lactones) is 1. The first kappa shape index (κ1) is 28.6. The summed E-state index contributed by atoms with van der Waals surface area (Å²) in [6, 6.07) is 3.64. The Kier molecular flexibility index (Phi) is 7.72. The van der Waals surface area contributed by atoms with Gasteiger partial charge in [0.1, 0.15) is 42.3 Å². The Bertz CT molecular complexity index is 1760. The van der Waals surface area contributed by atoms with E-state index in [0.29, 0.717) is 22.5 Å². The number of thioether (sulfide) groups is 1. The molecule has 1 fully saturated rings. The Hall–Kier alpha value is -4.54. The summed E-state index contributed by atoms with van der Waals surface area (Å²) >= 11 is 3.96. The van der Waals surface area contributed by atoms with E-state index in [1.165, 1.54) is 47.2 Å². The summed E-state index contributed by atoms with van der Waals surface area (Å²) in [6.45, 7) is 1.96. The number of nitrogens with two attached hydrogens (primary N) is 1. The van der Waals surface area contributed by atoms with E-state index in [-0.39, 0.29) is 34.6 Å². The van der Waals surface area contributed by atoms with E-state index in [9.17, 15) is 19.2 Å². The van der Waals surface area contributed by atoms with Crippen LogP contribution in [0.25, 0.3) is 6.08 Å². The molecule has 16 heteroatoms. The Morgan fingerprint density at radius 1 is 1.26 bits per heavy atom. The third-order valence-electron chi connectivity index (χ3n) is 6.72. The molecule has 0 saturated carbocycles. The number of fused-ring (bicyclic) bond motifs is 2. The van der Waals surface area contributed by atoms with Gasteiger partial charge < -0.3 is 25.4 Å². The molecule has 0 bridgehead atoms. The minimum Gasteiger partial charge on any atom is -0.457 e. The number of nitrogens with zero attached hydrogens (tertiary/aromatic N) is 4. The monoisotopic (exact) mass is 638 g/mol. The number of ether oxygens (including phenoxy) is 2. The lowest BCUT2D eigenvalue weighted by molar-refractivity contribution is -0.149. The zero-order valence-corrected chi connectivity index (χ0v) is 25.0. The van der Waals surface area contributed by atoms with Gasteiger partial charge in [0.2, 0.25) is 0 Å². The summed E-state index contributed by atoms with van der Waals surface area (Å²) in [4.78, 5) is 67.5. The molecule has 2 amide bonds. The lowest BCUT2D eigenvalue weighted by atomic mass is 10.0. The SMILES string of the molecule is CON=C(C(=O)NC1C(=O)N2C(C(=O)Oc3ccc4c(c3)COC4=O)=C(C=Cc3scnc3C)CS[C@H]12)c1csc(N)n1. The van der Waals surface area contributed by atoms with Crippen molar-refractivity contribution < 1.29 is 33.5 Å². The molecule has 3 aliphatic heterocycles. The van der Waals surface area contributed by atoms with Crippen LogP contribution in [0.1, 0.15) is 32.2 Å². The standard InChI is InChI=1S/C27H22N6O7S3/c1-12-18(43-11-29-12)6-3-13-9-41-24-20(31-22(34)19(32-38-2)17-10-42-27(28)30-17)23(35)33(24)21(13)26(37)40-15-4-5-16-14(7-15)8-39-25(16)36/h3-7,10-11,20,24H,8-9H2,1-2H3,(H2,28,30)(H,31,34)/t20?,24-/m1/s1. The number of aryl methyl sites for hydroxylation is 1. The number of thiazole rings is 2. The number of aromatic nitrogens is 2. The molecule has 3 N–H and O–H groups in total. The Balaban J connectivity index is 1.27. The number of oxime groups is 1. The molecule has 3 aromatic rings. The maximum atomic E-state index is 13.6. The quantitative estimate of drug-likeness (QED) is 0.122. The zero-order chi connectivity index (χ0) is 30.2. The van der Waals surface area contributed by atoms with E-state index in [0.717, 1.165) is 21.9 Å². The number of amides is 2. The molecule has 43 heavy (non-hydrogen) atoms. The van der Waals surface area contributed by atoms with Crippen LogP contribution in [0.3, 0.4) is 0 Å². The summed E-state index contributed by atoms with van der Waals surface area (Å²) in [5.41, 5.74) is 9.96. The number of anilines is 1. The van der Waals surface area contributed by atoms with E-state index in [1.807, 2.05) is 13.0 Å². The molecule has 1 saturated heterocycles. The van der Waals surface area contributed by atoms with E-state index < -0.39 is 35.2 Å². The summed E-state index contributed by atoms with van der Waals surface area (Å²) in [6.07, 6.45) is 3.61. The zero-order valence-electron chi connectivity index (χ0n) is 22.6. The van der Waals surface area contributed by atoms with Gasteiger partial charge in [-0.25, -0.2) is 19.6 Å². The van der Waals surface area contributed by atoms with Crippen molar-refractivity contribution in [3.63, 3.8) is 0 Å². The summed E-state index contributed by atoms with van der Waals surface area (Å²) in [5, 5.41) is 7.67. The van der Waals surface area contributed by atoms with Gasteiger partial charge in [-0.3, -0.25) is 14.5 Å². The second-order valence-electron chi connectivity index (χ2n) is 9.35. The lowest BCUT2D eigenvalue weighted by Crippen LogP contribution is -2.71. The van der Waals surface area contributed by atoms with Crippen molar-refractivity contribution in [2.75, 3.05) is 18.6 Å². The first-order chi connectivity index (χ1) is 20.7. The molecular formula is C27H22N6O7S3. The van der Waals surface area contributed by atoms with Gasteiger partial charge in [0, 0.05) is 21.6 Å². The van der Waals surface area contributed by atoms with Crippen molar-refractivity contribution >= 4 is 75.1 Å². The number of benzene rings is 1. The van der Waals surface area contributed by atoms with E-state index in [1.54, 1.807) is 23.0 Å². The van der Waals surface area contributed by atoms with Gasteiger partial charge in [-0.1, -0.05) is 11.2 Å². The Morgan fingerprint density at radius 2 is 2.09 bits per heavy atom. The smallest absolute Gasteiger partial charge is 0.360 e. The highest BCUT2D eigenvalue weighted by Gasteiger charge is 2.54. The number of nitrogens with one attached hydrogen (secondary N) is 1. The van der Waals surface area contributed by atoms with E-state index in [2.05, 4.69) is 20.4 Å². The molecule has 2 atom stereocenters. The van der Waals surface area contributed by atoms with Gasteiger partial charge in [0.05, 0.1) is 16.8 Å². The maximum Gasteiger partial charge on any atom is 0.360 e. The van der Waals surface area contributed by atoms with Crippen molar-refractivity contribution in [3.8, 4) is 5.75 Å². The highest BCUT2D eigenvalue weighted by molar-refractivity contribution is 8.00. The number of carbonyl (C=O) groups excluding carboxylic acids is 4. The van der Waals surface area contributed by atoms with Crippen LogP contribution in [-0.2, 0) is 30.6 Å². The predicted octanol–water partition coefficient (Wildman–Crippen LogP) is 2.48. The lowest BCUT2D eigenvalue weighted by Gasteiger charge is -2.49. The van der Waals surface area contributed by atoms with Gasteiger partial charge in [-0.15, -0.1) is 34.4 Å². The fraction of sp³-hybridized carbons (Fsp3) is 0.222. The molecule has 3 aliphatic rings. The van der Waals surface area contributed by atoms with Crippen molar-refractivity contribution in [1.29, 1.82) is 0 Å². The minimum atomic E-state index is -0.948. The normalized spacial score (nSPS) is 19.6. The molecule has 0 aliphatic carbocycles. The molecule has 1 aromatic carbocycles. The third kappa shape index (κ3) is 5.39. The first-order valence-electron chi connectivity index (χ1n) is 12.7. The summed E-state index contributed by atoms with van der Waals surface area (Å²) < 4.78 is 10.7. The fourth-order valence-corrected chi connectivity index (χ4v) is 7.20. The molecule has 5 heterocycles. The van der Waals surface area contributed by atoms with E-state index in [4.69, 9.17) is 20.0 Å². The number of allylic oxidation sites excluding steroid dienone is 1. The molecule has 0 radical (unpaired) electrons. The van der Waals surface area contributed by atoms with Crippen LogP contribution in [0.15, 0.2) is 51.6 Å². The van der Waals surface area contributed by atoms with Crippen LogP contribution >= 0.6 is 34.4 Å². The van der Waals surface area contributed by atoms with Crippen LogP contribution < -0.4 is 15.8 Å². The number of β-lactam (4-membered cyclic amide) rings is 1. The number of hydrogen-bond donors (Lipinski definition) is 2. The third-order valence-corrected chi connectivity index (χ3v) is 9.60. The van der Waals surface area contributed by atoms with Gasteiger partial charge in [-0.2, -0.15) is 0 Å². The van der Waals surface area contributed by atoms with E-state index >= 15 is 0 Å². The van der Waals surface area contributed by atoms with Crippen LogP contribution in [0, 0.1) is 6.92 Å². The first-order valence-corrected chi connectivity index (χ1v) is 15.5. The molecule has 220 valence electrons. The average molecular weight is 639 g/mol. The molecule has 13 nitrogen and oxygen atoms in total. The number of esters is 2.